The van der Waals surface area contributed by atoms with E-state index in [4.69, 9.17) is 19.6 Å². The molecule has 1 aromatic carbocycles. The lowest BCUT2D eigenvalue weighted by Crippen LogP contribution is -2.45. The van der Waals surface area contributed by atoms with Crippen molar-refractivity contribution in [2.75, 3.05) is 20.0 Å². The molecule has 0 aliphatic carbocycles. The van der Waals surface area contributed by atoms with Crippen LogP contribution < -0.4 is 14.8 Å². The Balaban J connectivity index is 1.68. The molecule has 5 nitrogen and oxygen atoms in total. The van der Waals surface area contributed by atoms with E-state index in [1.54, 1.807) is 6.08 Å². The van der Waals surface area contributed by atoms with E-state index < -0.39 is 0 Å². The minimum Gasteiger partial charge on any atom is -0.454 e. The molecule has 3 rings (SSSR count). The van der Waals surface area contributed by atoms with E-state index in [0.717, 1.165) is 22.8 Å². The second-order valence-electron chi connectivity index (χ2n) is 5.34. The molecule has 0 saturated carbocycles. The fourth-order valence-electron chi connectivity index (χ4n) is 2.37. The van der Waals surface area contributed by atoms with Gasteiger partial charge >= 0.3 is 0 Å². The van der Waals surface area contributed by atoms with Crippen molar-refractivity contribution in [1.82, 2.24) is 5.32 Å². The third kappa shape index (κ3) is 2.36. The van der Waals surface area contributed by atoms with Crippen molar-refractivity contribution in [1.29, 1.82) is 5.41 Å². The molecule has 0 spiro atoms. The molecule has 1 aromatic rings. The smallest absolute Gasteiger partial charge is 0.231 e. The lowest BCUT2D eigenvalue weighted by Gasteiger charge is -2.40. The highest BCUT2D eigenvalue weighted by molar-refractivity contribution is 5.69. The molecule has 0 amide bonds. The van der Waals surface area contributed by atoms with Gasteiger partial charge in [0.15, 0.2) is 11.5 Å². The summed E-state index contributed by atoms with van der Waals surface area (Å²) in [5.41, 5.74) is 2.15. The van der Waals surface area contributed by atoms with Gasteiger partial charge in [-0.05, 0) is 30.7 Å². The molecule has 0 atom stereocenters. The zero-order chi connectivity index (χ0) is 14.0. The Morgan fingerprint density at radius 2 is 2.15 bits per heavy atom. The highest BCUT2D eigenvalue weighted by atomic mass is 16.7. The predicted molar refractivity (Wildman–Crippen MR) is 75.2 cm³/mol. The Bertz CT molecular complexity index is 550. The fraction of sp³-hybridized carbons (Fsp3) is 0.400. The van der Waals surface area contributed by atoms with E-state index in [1.807, 2.05) is 18.2 Å². The second-order valence-corrected chi connectivity index (χ2v) is 5.34. The Hall–Kier alpha value is -2.01. The summed E-state index contributed by atoms with van der Waals surface area (Å²) < 4.78 is 16.0. The van der Waals surface area contributed by atoms with Gasteiger partial charge in [-0.3, -0.25) is 0 Å². The van der Waals surface area contributed by atoms with Crippen LogP contribution in [0.25, 0.3) is 0 Å². The molecule has 2 aliphatic heterocycles. The largest absolute Gasteiger partial charge is 0.454 e. The van der Waals surface area contributed by atoms with E-state index in [1.165, 1.54) is 6.21 Å². The molecular formula is C15H18N2O3. The van der Waals surface area contributed by atoms with Crippen molar-refractivity contribution < 1.29 is 14.2 Å². The average Bonchev–Trinajstić information content (AvgIpc) is 2.88. The molecule has 2 heterocycles. The SMILES string of the molecule is CC1(/C(=C/C=N)NCc2ccc3c(c2)OCO3)COC1. The molecule has 106 valence electrons. The van der Waals surface area contributed by atoms with Crippen LogP contribution in [0.5, 0.6) is 11.5 Å². The highest BCUT2D eigenvalue weighted by Gasteiger charge is 2.37. The number of allylic oxidation sites excluding steroid dienone is 1. The number of hydrogen-bond acceptors (Lipinski definition) is 5. The maximum atomic E-state index is 7.28. The summed E-state index contributed by atoms with van der Waals surface area (Å²) in [6, 6.07) is 5.92. The lowest BCUT2D eigenvalue weighted by molar-refractivity contribution is -0.0811. The van der Waals surface area contributed by atoms with Crippen LogP contribution in [-0.4, -0.2) is 26.2 Å². The number of fused-ring (bicyclic) bond motifs is 1. The summed E-state index contributed by atoms with van der Waals surface area (Å²) in [4.78, 5) is 0. The van der Waals surface area contributed by atoms with E-state index in [2.05, 4.69) is 12.2 Å². The van der Waals surface area contributed by atoms with Crippen LogP contribution in [0, 0.1) is 10.8 Å². The number of hydrogen-bond donors (Lipinski definition) is 2. The maximum Gasteiger partial charge on any atom is 0.231 e. The summed E-state index contributed by atoms with van der Waals surface area (Å²) in [7, 11) is 0. The number of ether oxygens (including phenoxy) is 3. The maximum absolute atomic E-state index is 7.28. The van der Waals surface area contributed by atoms with Crippen molar-refractivity contribution in [3.63, 3.8) is 0 Å². The van der Waals surface area contributed by atoms with Crippen LogP contribution in [0.2, 0.25) is 0 Å². The molecule has 0 radical (unpaired) electrons. The fourth-order valence-corrected chi connectivity index (χ4v) is 2.37. The van der Waals surface area contributed by atoms with Gasteiger partial charge < -0.3 is 24.9 Å². The molecule has 2 N–H and O–H groups in total. The van der Waals surface area contributed by atoms with Gasteiger partial charge in [0.2, 0.25) is 6.79 Å². The third-order valence-electron chi connectivity index (χ3n) is 3.66. The van der Waals surface area contributed by atoms with Crippen LogP contribution >= 0.6 is 0 Å². The number of rotatable bonds is 5. The Kier molecular flexibility index (Phi) is 3.36. The van der Waals surface area contributed by atoms with Gasteiger partial charge in [-0.2, -0.15) is 0 Å². The normalized spacial score (nSPS) is 19.4. The molecule has 2 aliphatic rings. The zero-order valence-corrected chi connectivity index (χ0v) is 11.4. The van der Waals surface area contributed by atoms with Crippen LogP contribution in [0.15, 0.2) is 30.0 Å². The molecule has 0 bridgehead atoms. The summed E-state index contributed by atoms with van der Waals surface area (Å²) >= 11 is 0. The van der Waals surface area contributed by atoms with E-state index in [0.29, 0.717) is 26.6 Å². The first-order chi connectivity index (χ1) is 9.71. The van der Waals surface area contributed by atoms with Gasteiger partial charge in [0, 0.05) is 18.5 Å². The summed E-state index contributed by atoms with van der Waals surface area (Å²) in [5.74, 6) is 1.59. The van der Waals surface area contributed by atoms with Crippen LogP contribution in [0.4, 0.5) is 0 Å². The molecule has 1 saturated heterocycles. The Labute approximate surface area is 118 Å². The van der Waals surface area contributed by atoms with Gasteiger partial charge in [0.05, 0.1) is 18.6 Å². The predicted octanol–water partition coefficient (Wildman–Crippen LogP) is 2.07. The van der Waals surface area contributed by atoms with E-state index >= 15 is 0 Å². The molecule has 0 unspecified atom stereocenters. The number of nitrogens with one attached hydrogen (secondary N) is 2. The van der Waals surface area contributed by atoms with Crippen LogP contribution in [-0.2, 0) is 11.3 Å². The Morgan fingerprint density at radius 1 is 1.35 bits per heavy atom. The van der Waals surface area contributed by atoms with Crippen LogP contribution in [0.1, 0.15) is 12.5 Å². The average molecular weight is 274 g/mol. The molecular weight excluding hydrogens is 256 g/mol. The van der Waals surface area contributed by atoms with Gasteiger partial charge in [-0.15, -0.1) is 0 Å². The summed E-state index contributed by atoms with van der Waals surface area (Å²) in [6.07, 6.45) is 3.11. The highest BCUT2D eigenvalue weighted by Crippen LogP contribution is 2.34. The van der Waals surface area contributed by atoms with Crippen molar-refractivity contribution >= 4 is 6.21 Å². The van der Waals surface area contributed by atoms with Crippen LogP contribution in [0.3, 0.4) is 0 Å². The standard InChI is InChI=1S/C15H18N2O3/c1-15(8-18-9-15)14(4-5-16)17-7-11-2-3-12-13(6-11)20-10-19-12/h2-6,16-17H,7-10H2,1H3/b14-4-,16-5?. The monoisotopic (exact) mass is 274 g/mol. The molecule has 20 heavy (non-hydrogen) atoms. The lowest BCUT2D eigenvalue weighted by atomic mass is 9.84. The molecule has 1 fully saturated rings. The quantitative estimate of drug-likeness (QED) is 0.807. The van der Waals surface area contributed by atoms with Crippen molar-refractivity contribution in [3.8, 4) is 11.5 Å². The first-order valence-corrected chi connectivity index (χ1v) is 6.63. The first kappa shape index (κ1) is 13.0. The molecule has 0 aromatic heterocycles. The molecule has 5 heteroatoms. The number of benzene rings is 1. The summed E-state index contributed by atoms with van der Waals surface area (Å²) in [5, 5.41) is 10.7. The second kappa shape index (κ2) is 5.17. The van der Waals surface area contributed by atoms with Crippen molar-refractivity contribution in [3.05, 3.63) is 35.5 Å². The third-order valence-corrected chi connectivity index (χ3v) is 3.66. The van der Waals surface area contributed by atoms with Gasteiger partial charge in [0.1, 0.15) is 0 Å². The van der Waals surface area contributed by atoms with Crippen molar-refractivity contribution in [2.45, 2.75) is 13.5 Å². The first-order valence-electron chi connectivity index (χ1n) is 6.63. The van der Waals surface area contributed by atoms with E-state index in [9.17, 15) is 0 Å². The van der Waals surface area contributed by atoms with Gasteiger partial charge in [0.25, 0.3) is 0 Å². The van der Waals surface area contributed by atoms with Crippen molar-refractivity contribution in [2.24, 2.45) is 5.41 Å². The minimum absolute atomic E-state index is 0.00606. The van der Waals surface area contributed by atoms with E-state index in [-0.39, 0.29) is 5.41 Å². The summed E-state index contributed by atoms with van der Waals surface area (Å²) in [6.45, 7) is 4.51. The zero-order valence-electron chi connectivity index (χ0n) is 11.4. The minimum atomic E-state index is -0.00606. The van der Waals surface area contributed by atoms with Gasteiger partial charge in [-0.1, -0.05) is 6.07 Å². The van der Waals surface area contributed by atoms with Gasteiger partial charge in [-0.25, -0.2) is 0 Å². The Morgan fingerprint density at radius 3 is 2.85 bits per heavy atom. The topological polar surface area (TPSA) is 63.6 Å².